The van der Waals surface area contributed by atoms with Gasteiger partial charge >= 0.3 is 5.97 Å². The molecule has 1 aromatic rings. The van der Waals surface area contributed by atoms with Crippen LogP contribution in [0.1, 0.15) is 6.92 Å². The van der Waals surface area contributed by atoms with Gasteiger partial charge in [0.25, 0.3) is 5.91 Å². The van der Waals surface area contributed by atoms with E-state index in [9.17, 15) is 9.59 Å². The van der Waals surface area contributed by atoms with Crippen molar-refractivity contribution in [1.82, 2.24) is 0 Å². The molecule has 0 spiro atoms. The highest BCUT2D eigenvalue weighted by molar-refractivity contribution is 5.96. The Kier molecular flexibility index (Phi) is 5.24. The van der Waals surface area contributed by atoms with E-state index in [0.29, 0.717) is 18.0 Å². The number of anilines is 1. The van der Waals surface area contributed by atoms with Crippen LogP contribution in [-0.4, -0.2) is 38.3 Å². The van der Waals surface area contributed by atoms with Crippen LogP contribution >= 0.6 is 0 Å². The fourth-order valence-electron chi connectivity index (χ4n) is 1.69. The number of nitrogens with one attached hydrogen (secondary N) is 1. The molecule has 7 heteroatoms. The number of amides is 1. The van der Waals surface area contributed by atoms with Gasteiger partial charge in [0.05, 0.1) is 7.11 Å². The largest absolute Gasteiger partial charge is 0.497 e. The summed E-state index contributed by atoms with van der Waals surface area (Å²) in [5, 5.41) is 2.64. The molecule has 0 aliphatic carbocycles. The molecule has 1 aliphatic heterocycles. The lowest BCUT2D eigenvalue weighted by atomic mass is 10.3. The van der Waals surface area contributed by atoms with Crippen LogP contribution in [0.25, 0.3) is 0 Å². The summed E-state index contributed by atoms with van der Waals surface area (Å²) in [6.07, 6.45) is 0.198. The minimum atomic E-state index is -0.981. The smallest absolute Gasteiger partial charge is 0.377 e. The van der Waals surface area contributed by atoms with Crippen molar-refractivity contribution in [1.29, 1.82) is 0 Å². The Morgan fingerprint density at radius 3 is 2.82 bits per heavy atom. The molecule has 22 heavy (non-hydrogen) atoms. The number of methoxy groups -OCH3 is 1. The van der Waals surface area contributed by atoms with Gasteiger partial charge in [-0.2, -0.15) is 0 Å². The van der Waals surface area contributed by atoms with E-state index in [-0.39, 0.29) is 12.4 Å². The molecule has 0 aromatic heterocycles. The topological polar surface area (TPSA) is 83.1 Å². The van der Waals surface area contributed by atoms with Gasteiger partial charge in [-0.3, -0.25) is 4.79 Å². The Hall–Kier alpha value is -2.70. The van der Waals surface area contributed by atoms with Crippen molar-refractivity contribution < 1.29 is 28.5 Å². The second kappa shape index (κ2) is 7.35. The van der Waals surface area contributed by atoms with Crippen LogP contribution in [0.5, 0.6) is 5.75 Å². The number of carbonyl (C=O) groups is 2. The monoisotopic (exact) mass is 307 g/mol. The predicted octanol–water partition coefficient (Wildman–Crippen LogP) is 1.45. The summed E-state index contributed by atoms with van der Waals surface area (Å²) in [5.74, 6) is -0.639. The fraction of sp³-hybridized carbons (Fsp3) is 0.333. The van der Waals surface area contributed by atoms with Gasteiger partial charge in [-0.05, 0) is 19.1 Å². The normalized spacial score (nSPS) is 14.7. The van der Waals surface area contributed by atoms with Gasteiger partial charge < -0.3 is 24.3 Å². The number of benzene rings is 1. The van der Waals surface area contributed by atoms with E-state index in [1.807, 2.05) is 0 Å². The number of hydrogen-bond donors (Lipinski definition) is 1. The standard InChI is InChI=1S/C15H17NO6/c1-10(22-15(18)13-9-20-6-7-21-13)14(17)16-11-4-3-5-12(8-11)19-2/h3-5,8-10H,6-7H2,1-2H3,(H,16,17). The summed E-state index contributed by atoms with van der Waals surface area (Å²) < 4.78 is 20.1. The molecule has 1 atom stereocenters. The van der Waals surface area contributed by atoms with E-state index in [1.54, 1.807) is 24.3 Å². The van der Waals surface area contributed by atoms with E-state index in [2.05, 4.69) is 5.32 Å². The lowest BCUT2D eigenvalue weighted by Crippen LogP contribution is -2.31. The molecule has 1 aliphatic rings. The molecular formula is C15H17NO6. The van der Waals surface area contributed by atoms with Crippen molar-refractivity contribution in [3.8, 4) is 5.75 Å². The fourth-order valence-corrected chi connectivity index (χ4v) is 1.69. The van der Waals surface area contributed by atoms with E-state index < -0.39 is 18.0 Å². The molecular weight excluding hydrogens is 290 g/mol. The summed E-state index contributed by atoms with van der Waals surface area (Å²) >= 11 is 0. The maximum atomic E-state index is 12.0. The molecule has 0 radical (unpaired) electrons. The van der Waals surface area contributed by atoms with Gasteiger partial charge in [0.15, 0.2) is 6.10 Å². The van der Waals surface area contributed by atoms with Crippen molar-refractivity contribution >= 4 is 17.6 Å². The lowest BCUT2D eigenvalue weighted by molar-refractivity contribution is -0.153. The maximum absolute atomic E-state index is 12.0. The average molecular weight is 307 g/mol. The van der Waals surface area contributed by atoms with Gasteiger partial charge in [0.1, 0.15) is 25.2 Å². The third-order valence-corrected chi connectivity index (χ3v) is 2.84. The molecule has 0 bridgehead atoms. The highest BCUT2D eigenvalue weighted by Gasteiger charge is 2.23. The van der Waals surface area contributed by atoms with E-state index in [0.717, 1.165) is 0 Å². The Balaban J connectivity index is 1.91. The van der Waals surface area contributed by atoms with Crippen LogP contribution in [0.4, 0.5) is 5.69 Å². The van der Waals surface area contributed by atoms with Crippen LogP contribution < -0.4 is 10.1 Å². The van der Waals surface area contributed by atoms with E-state index in [1.165, 1.54) is 20.3 Å². The molecule has 118 valence electrons. The SMILES string of the molecule is COc1cccc(NC(=O)C(C)OC(=O)C2=COCCO2)c1. The van der Waals surface area contributed by atoms with Crippen molar-refractivity contribution in [2.24, 2.45) is 0 Å². The Bertz CT molecular complexity index is 583. The average Bonchev–Trinajstić information content (AvgIpc) is 2.55. The van der Waals surface area contributed by atoms with Gasteiger partial charge in [-0.1, -0.05) is 6.07 Å². The Morgan fingerprint density at radius 2 is 2.14 bits per heavy atom. The predicted molar refractivity (Wildman–Crippen MR) is 77.2 cm³/mol. The van der Waals surface area contributed by atoms with Crippen molar-refractivity contribution in [3.05, 3.63) is 36.3 Å². The van der Waals surface area contributed by atoms with Crippen LogP contribution in [0.3, 0.4) is 0 Å². The van der Waals surface area contributed by atoms with Gasteiger partial charge in [-0.25, -0.2) is 4.79 Å². The summed E-state index contributed by atoms with van der Waals surface area (Å²) in [6.45, 7) is 2.12. The van der Waals surface area contributed by atoms with Crippen LogP contribution in [-0.2, 0) is 23.8 Å². The number of hydrogen-bond acceptors (Lipinski definition) is 6. The first kappa shape index (κ1) is 15.7. The highest BCUT2D eigenvalue weighted by atomic mass is 16.6. The molecule has 1 heterocycles. The van der Waals surface area contributed by atoms with Crippen molar-refractivity contribution in [2.45, 2.75) is 13.0 Å². The zero-order valence-electron chi connectivity index (χ0n) is 12.3. The first-order valence-corrected chi connectivity index (χ1v) is 6.70. The third kappa shape index (κ3) is 4.15. The van der Waals surface area contributed by atoms with Gasteiger partial charge in [-0.15, -0.1) is 0 Å². The number of ether oxygens (including phenoxy) is 4. The van der Waals surface area contributed by atoms with Crippen LogP contribution in [0.15, 0.2) is 36.3 Å². The minimum absolute atomic E-state index is 0.0488. The summed E-state index contributed by atoms with van der Waals surface area (Å²) in [4.78, 5) is 23.8. The second-order valence-corrected chi connectivity index (χ2v) is 4.47. The second-order valence-electron chi connectivity index (χ2n) is 4.47. The summed E-state index contributed by atoms with van der Waals surface area (Å²) in [5.41, 5.74) is 0.545. The molecule has 0 saturated heterocycles. The van der Waals surface area contributed by atoms with Crippen LogP contribution in [0.2, 0.25) is 0 Å². The molecule has 1 unspecified atom stereocenters. The van der Waals surface area contributed by atoms with Gasteiger partial charge in [0.2, 0.25) is 5.76 Å². The minimum Gasteiger partial charge on any atom is -0.497 e. The van der Waals surface area contributed by atoms with E-state index in [4.69, 9.17) is 18.9 Å². The van der Waals surface area contributed by atoms with Gasteiger partial charge in [0, 0.05) is 11.8 Å². The Morgan fingerprint density at radius 1 is 1.32 bits per heavy atom. The molecule has 0 saturated carbocycles. The number of carbonyl (C=O) groups excluding carboxylic acids is 2. The zero-order valence-corrected chi connectivity index (χ0v) is 12.3. The Labute approximate surface area is 127 Å². The summed E-state index contributed by atoms with van der Waals surface area (Å²) in [7, 11) is 1.53. The molecule has 1 aromatic carbocycles. The molecule has 1 amide bonds. The first-order valence-electron chi connectivity index (χ1n) is 6.70. The first-order chi connectivity index (χ1) is 10.6. The number of esters is 1. The number of rotatable bonds is 5. The lowest BCUT2D eigenvalue weighted by Gasteiger charge is -2.17. The molecule has 2 rings (SSSR count). The molecule has 1 N–H and O–H groups in total. The third-order valence-electron chi connectivity index (χ3n) is 2.84. The van der Waals surface area contributed by atoms with E-state index >= 15 is 0 Å². The van der Waals surface area contributed by atoms with Crippen molar-refractivity contribution in [2.75, 3.05) is 25.6 Å². The zero-order chi connectivity index (χ0) is 15.9. The molecule has 7 nitrogen and oxygen atoms in total. The highest BCUT2D eigenvalue weighted by Crippen LogP contribution is 2.17. The quantitative estimate of drug-likeness (QED) is 0.829. The van der Waals surface area contributed by atoms with Crippen LogP contribution in [0, 0.1) is 0 Å². The molecule has 0 fully saturated rings. The maximum Gasteiger partial charge on any atom is 0.377 e. The van der Waals surface area contributed by atoms with Crippen molar-refractivity contribution in [3.63, 3.8) is 0 Å². The summed E-state index contributed by atoms with van der Waals surface area (Å²) in [6, 6.07) is 6.86.